The van der Waals surface area contributed by atoms with Gasteiger partial charge in [0.15, 0.2) is 0 Å². The molecule has 0 bridgehead atoms. The van der Waals surface area contributed by atoms with Gasteiger partial charge in [-0.1, -0.05) is 20.3 Å². The van der Waals surface area contributed by atoms with Crippen molar-refractivity contribution in [3.8, 4) is 0 Å². The molecule has 0 spiro atoms. The van der Waals surface area contributed by atoms with E-state index in [0.717, 1.165) is 6.54 Å². The third-order valence-corrected chi connectivity index (χ3v) is 4.91. The van der Waals surface area contributed by atoms with Crippen molar-refractivity contribution in [3.05, 3.63) is 0 Å². The topological polar surface area (TPSA) is 32.3 Å². The van der Waals surface area contributed by atoms with Gasteiger partial charge in [-0.05, 0) is 32.7 Å². The minimum absolute atomic E-state index is 0.192. The quantitative estimate of drug-likeness (QED) is 0.736. The first-order valence-corrected chi connectivity index (χ1v) is 7.16. The summed E-state index contributed by atoms with van der Waals surface area (Å²) in [6, 6.07) is 0.677. The largest absolute Gasteiger partial charge is 0.392 e. The molecule has 15 heavy (non-hydrogen) atoms. The van der Waals surface area contributed by atoms with Crippen LogP contribution in [0.5, 0.6) is 0 Å². The molecule has 0 aliphatic heterocycles. The van der Waals surface area contributed by atoms with Crippen molar-refractivity contribution < 1.29 is 5.11 Å². The van der Waals surface area contributed by atoms with E-state index < -0.39 is 0 Å². The molecule has 2 N–H and O–H groups in total. The van der Waals surface area contributed by atoms with Crippen LogP contribution in [0.1, 0.15) is 46.5 Å². The average molecular weight is 231 g/mol. The summed E-state index contributed by atoms with van der Waals surface area (Å²) in [7, 11) is 0. The Morgan fingerprint density at radius 3 is 2.73 bits per heavy atom. The van der Waals surface area contributed by atoms with E-state index in [-0.39, 0.29) is 6.10 Å². The van der Waals surface area contributed by atoms with Crippen molar-refractivity contribution in [2.75, 3.05) is 6.54 Å². The van der Waals surface area contributed by atoms with Gasteiger partial charge in [-0.3, -0.25) is 0 Å². The van der Waals surface area contributed by atoms with E-state index >= 15 is 0 Å². The third kappa shape index (κ3) is 4.33. The molecule has 1 aliphatic carbocycles. The summed E-state index contributed by atoms with van der Waals surface area (Å²) in [5.41, 5.74) is 0. The van der Waals surface area contributed by atoms with Gasteiger partial charge in [0.25, 0.3) is 0 Å². The van der Waals surface area contributed by atoms with Crippen LogP contribution in [-0.4, -0.2) is 34.3 Å². The Bertz CT molecular complexity index is 175. The lowest BCUT2D eigenvalue weighted by molar-refractivity contribution is 0.196. The van der Waals surface area contributed by atoms with Crippen LogP contribution in [0, 0.1) is 0 Å². The number of aliphatic hydroxyl groups is 1. The second-order valence-electron chi connectivity index (χ2n) is 4.61. The second-order valence-corrected chi connectivity index (χ2v) is 6.23. The highest BCUT2D eigenvalue weighted by Gasteiger charge is 2.29. The van der Waals surface area contributed by atoms with Crippen LogP contribution in [-0.2, 0) is 0 Å². The number of hydrogen-bond acceptors (Lipinski definition) is 3. The summed E-state index contributed by atoms with van der Waals surface area (Å²) in [6.45, 7) is 7.36. The van der Waals surface area contributed by atoms with E-state index in [9.17, 15) is 5.11 Å². The molecule has 4 unspecified atom stereocenters. The molecule has 1 fully saturated rings. The second kappa shape index (κ2) is 6.77. The first-order valence-electron chi connectivity index (χ1n) is 6.22. The summed E-state index contributed by atoms with van der Waals surface area (Å²) in [5.74, 6) is 0. The molecule has 0 aromatic heterocycles. The molecule has 0 saturated heterocycles. The van der Waals surface area contributed by atoms with E-state index in [0.29, 0.717) is 16.5 Å². The maximum Gasteiger partial charge on any atom is 0.0628 e. The highest BCUT2D eigenvalue weighted by Crippen LogP contribution is 2.33. The summed E-state index contributed by atoms with van der Waals surface area (Å²) < 4.78 is 0. The van der Waals surface area contributed by atoms with Crippen molar-refractivity contribution in [1.82, 2.24) is 5.32 Å². The molecule has 1 aliphatic rings. The number of nitrogens with one attached hydrogen (secondary N) is 1. The molecule has 4 atom stereocenters. The van der Waals surface area contributed by atoms with Gasteiger partial charge in [-0.25, -0.2) is 0 Å². The van der Waals surface area contributed by atoms with Crippen LogP contribution in [0.15, 0.2) is 0 Å². The molecule has 90 valence electrons. The lowest BCUT2D eigenvalue weighted by Gasteiger charge is -2.24. The first-order chi connectivity index (χ1) is 7.15. The fourth-order valence-electron chi connectivity index (χ4n) is 2.04. The average Bonchev–Trinajstić information content (AvgIpc) is 2.62. The van der Waals surface area contributed by atoms with Crippen molar-refractivity contribution in [2.24, 2.45) is 0 Å². The molecule has 0 amide bonds. The smallest absolute Gasteiger partial charge is 0.0628 e. The summed E-state index contributed by atoms with van der Waals surface area (Å²) in [5, 5.41) is 14.2. The predicted molar refractivity (Wildman–Crippen MR) is 68.5 cm³/mol. The molecule has 0 radical (unpaired) electrons. The van der Waals surface area contributed by atoms with E-state index in [2.05, 4.69) is 19.2 Å². The molecule has 3 heteroatoms. The molecular weight excluding hydrogens is 206 g/mol. The standard InChI is InChI=1S/C12H25NOS/c1-4-8-13-11-6-5-7-12(11)15-10(3)9(2)14/h9-14H,4-8H2,1-3H3. The van der Waals surface area contributed by atoms with Gasteiger partial charge in [-0.15, -0.1) is 0 Å². The van der Waals surface area contributed by atoms with Crippen molar-refractivity contribution in [1.29, 1.82) is 0 Å². The summed E-state index contributed by atoms with van der Waals surface area (Å²) in [6.07, 6.45) is 4.97. The van der Waals surface area contributed by atoms with Crippen LogP contribution < -0.4 is 5.32 Å². The van der Waals surface area contributed by atoms with E-state index in [1.54, 1.807) is 0 Å². The SMILES string of the molecule is CCCNC1CCCC1SC(C)C(C)O. The Labute approximate surface area is 98.2 Å². The number of thioether (sulfide) groups is 1. The Morgan fingerprint density at radius 2 is 2.13 bits per heavy atom. The Balaban J connectivity index is 2.32. The molecule has 0 aromatic rings. The fraction of sp³-hybridized carbons (Fsp3) is 1.00. The number of hydrogen-bond donors (Lipinski definition) is 2. The number of aliphatic hydroxyl groups excluding tert-OH is 1. The van der Waals surface area contributed by atoms with Crippen LogP contribution in [0.3, 0.4) is 0 Å². The molecular formula is C12H25NOS. The zero-order valence-corrected chi connectivity index (χ0v) is 11.0. The maximum atomic E-state index is 9.50. The molecule has 2 nitrogen and oxygen atoms in total. The van der Waals surface area contributed by atoms with Gasteiger partial charge in [-0.2, -0.15) is 11.8 Å². The van der Waals surface area contributed by atoms with Crippen LogP contribution in [0.25, 0.3) is 0 Å². The zero-order chi connectivity index (χ0) is 11.3. The van der Waals surface area contributed by atoms with Gasteiger partial charge in [0.1, 0.15) is 0 Å². The van der Waals surface area contributed by atoms with E-state index in [4.69, 9.17) is 0 Å². The number of rotatable bonds is 6. The van der Waals surface area contributed by atoms with E-state index in [1.165, 1.54) is 25.7 Å². The fourth-order valence-corrected chi connectivity index (χ4v) is 3.55. The summed E-state index contributed by atoms with van der Waals surface area (Å²) >= 11 is 1.96. The first kappa shape index (κ1) is 13.3. The highest BCUT2D eigenvalue weighted by atomic mass is 32.2. The van der Waals surface area contributed by atoms with Gasteiger partial charge in [0.2, 0.25) is 0 Å². The van der Waals surface area contributed by atoms with Crippen molar-refractivity contribution in [2.45, 2.75) is 69.1 Å². The van der Waals surface area contributed by atoms with Crippen molar-refractivity contribution >= 4 is 11.8 Å². The van der Waals surface area contributed by atoms with Gasteiger partial charge in [0, 0.05) is 16.5 Å². The summed E-state index contributed by atoms with van der Waals surface area (Å²) in [4.78, 5) is 0. The highest BCUT2D eigenvalue weighted by molar-refractivity contribution is 8.00. The lowest BCUT2D eigenvalue weighted by Crippen LogP contribution is -2.36. The third-order valence-electron chi connectivity index (χ3n) is 3.18. The van der Waals surface area contributed by atoms with Gasteiger partial charge in [0.05, 0.1) is 6.10 Å². The van der Waals surface area contributed by atoms with Gasteiger partial charge >= 0.3 is 0 Å². The zero-order valence-electron chi connectivity index (χ0n) is 10.2. The molecule has 0 aromatic carbocycles. The predicted octanol–water partition coefficient (Wildman–Crippen LogP) is 2.41. The monoisotopic (exact) mass is 231 g/mol. The molecule has 1 saturated carbocycles. The lowest BCUT2D eigenvalue weighted by atomic mass is 10.2. The molecule has 0 heterocycles. The maximum absolute atomic E-state index is 9.50. The van der Waals surface area contributed by atoms with Crippen LogP contribution in [0.4, 0.5) is 0 Å². The van der Waals surface area contributed by atoms with Crippen molar-refractivity contribution in [3.63, 3.8) is 0 Å². The molecule has 1 rings (SSSR count). The van der Waals surface area contributed by atoms with E-state index in [1.807, 2.05) is 18.7 Å². The van der Waals surface area contributed by atoms with Crippen LogP contribution in [0.2, 0.25) is 0 Å². The Hall–Kier alpha value is 0.270. The normalized spacial score (nSPS) is 30.4. The minimum Gasteiger partial charge on any atom is -0.392 e. The minimum atomic E-state index is -0.192. The Morgan fingerprint density at radius 1 is 1.40 bits per heavy atom. The van der Waals surface area contributed by atoms with Gasteiger partial charge < -0.3 is 10.4 Å². The Kier molecular flexibility index (Phi) is 6.02. The van der Waals surface area contributed by atoms with Crippen LogP contribution >= 0.6 is 11.8 Å².